The predicted molar refractivity (Wildman–Crippen MR) is 50.8 cm³/mol. The van der Waals surface area contributed by atoms with Gasteiger partial charge < -0.3 is 14.2 Å². The van der Waals surface area contributed by atoms with E-state index in [-0.39, 0.29) is 6.10 Å². The number of hydrogen-bond acceptors (Lipinski definition) is 4. The molecule has 4 nitrogen and oxygen atoms in total. The molecule has 1 atom stereocenters. The van der Waals surface area contributed by atoms with E-state index in [1.165, 1.54) is 0 Å². The van der Waals surface area contributed by atoms with E-state index in [0.717, 1.165) is 0 Å². The van der Waals surface area contributed by atoms with Crippen LogP contribution in [0, 0.1) is 0 Å². The van der Waals surface area contributed by atoms with E-state index in [2.05, 4.69) is 0 Å². The first-order valence-electron chi connectivity index (χ1n) is 4.65. The van der Waals surface area contributed by atoms with E-state index < -0.39 is 11.8 Å². The standard InChI is InChI=1S/C10H16O4/c1-10(2,3)14-9(11)13-8-4-6-12-7-5-8/h4,6,8H,5,7H2,1-3H3. The Bertz CT molecular complexity index is 227. The minimum atomic E-state index is -0.631. The van der Waals surface area contributed by atoms with E-state index in [4.69, 9.17) is 14.2 Å². The molecule has 0 bridgehead atoms. The van der Waals surface area contributed by atoms with Crippen molar-refractivity contribution in [3.8, 4) is 0 Å². The minimum absolute atomic E-state index is 0.224. The van der Waals surface area contributed by atoms with Crippen LogP contribution in [0.5, 0.6) is 0 Å². The lowest BCUT2D eigenvalue weighted by Gasteiger charge is -2.22. The van der Waals surface area contributed by atoms with E-state index in [9.17, 15) is 4.79 Å². The monoisotopic (exact) mass is 200 g/mol. The Kier molecular flexibility index (Phi) is 3.38. The van der Waals surface area contributed by atoms with Crippen LogP contribution in [0.4, 0.5) is 4.79 Å². The van der Waals surface area contributed by atoms with Gasteiger partial charge in [0.25, 0.3) is 0 Å². The molecule has 0 saturated heterocycles. The molecule has 0 aliphatic carbocycles. The fourth-order valence-corrected chi connectivity index (χ4v) is 0.988. The fraction of sp³-hybridized carbons (Fsp3) is 0.700. The molecule has 0 N–H and O–H groups in total. The average molecular weight is 200 g/mol. The van der Waals surface area contributed by atoms with Gasteiger partial charge in [0, 0.05) is 6.42 Å². The molecule has 4 heteroatoms. The number of carbonyl (C=O) groups excluding carboxylic acids is 1. The van der Waals surface area contributed by atoms with Crippen LogP contribution in [0.25, 0.3) is 0 Å². The van der Waals surface area contributed by atoms with E-state index in [1.54, 1.807) is 33.1 Å². The number of hydrogen-bond donors (Lipinski definition) is 0. The maximum atomic E-state index is 11.2. The highest BCUT2D eigenvalue weighted by atomic mass is 16.7. The van der Waals surface area contributed by atoms with Crippen LogP contribution >= 0.6 is 0 Å². The quantitative estimate of drug-likeness (QED) is 0.609. The summed E-state index contributed by atoms with van der Waals surface area (Å²) in [6.07, 6.45) is 3.06. The lowest BCUT2D eigenvalue weighted by molar-refractivity contribution is -0.0247. The van der Waals surface area contributed by atoms with Crippen molar-refractivity contribution in [1.29, 1.82) is 0 Å². The van der Waals surface area contributed by atoms with Crippen molar-refractivity contribution in [2.75, 3.05) is 6.61 Å². The molecule has 14 heavy (non-hydrogen) atoms. The largest absolute Gasteiger partial charge is 0.509 e. The zero-order valence-corrected chi connectivity index (χ0v) is 8.78. The topological polar surface area (TPSA) is 44.8 Å². The van der Waals surface area contributed by atoms with Crippen LogP contribution in [-0.2, 0) is 14.2 Å². The van der Waals surface area contributed by atoms with Gasteiger partial charge in [-0.15, -0.1) is 0 Å². The summed E-state index contributed by atoms with van der Waals surface area (Å²) in [5.41, 5.74) is -0.508. The highest BCUT2D eigenvalue weighted by molar-refractivity contribution is 5.61. The molecule has 1 heterocycles. The first kappa shape index (κ1) is 10.9. The lowest BCUT2D eigenvalue weighted by Crippen LogP contribution is -2.28. The van der Waals surface area contributed by atoms with Crippen LogP contribution in [0.3, 0.4) is 0 Å². The first-order chi connectivity index (χ1) is 6.47. The molecule has 0 aromatic rings. The summed E-state index contributed by atoms with van der Waals surface area (Å²) in [5, 5.41) is 0. The normalized spacial score (nSPS) is 21.2. The molecule has 0 fully saturated rings. The van der Waals surface area contributed by atoms with Crippen molar-refractivity contribution in [2.45, 2.75) is 38.9 Å². The molecule has 0 amide bonds. The summed E-state index contributed by atoms with van der Waals surface area (Å²) >= 11 is 0. The Morgan fingerprint density at radius 1 is 1.50 bits per heavy atom. The van der Waals surface area contributed by atoms with Gasteiger partial charge in [0.2, 0.25) is 0 Å². The molecule has 1 rings (SSSR count). The zero-order chi connectivity index (χ0) is 10.6. The predicted octanol–water partition coefficient (Wildman–Crippen LogP) is 2.24. The van der Waals surface area contributed by atoms with Gasteiger partial charge in [-0.05, 0) is 26.8 Å². The summed E-state index contributed by atoms with van der Waals surface area (Å²) in [5.74, 6) is 0. The number of rotatable bonds is 1. The van der Waals surface area contributed by atoms with Crippen molar-refractivity contribution in [3.05, 3.63) is 12.3 Å². The maximum Gasteiger partial charge on any atom is 0.509 e. The molecule has 0 radical (unpaired) electrons. The van der Waals surface area contributed by atoms with Crippen LogP contribution in [0.1, 0.15) is 27.2 Å². The van der Waals surface area contributed by atoms with Gasteiger partial charge in [-0.25, -0.2) is 4.79 Å². The van der Waals surface area contributed by atoms with Crippen LogP contribution in [0.15, 0.2) is 12.3 Å². The first-order valence-corrected chi connectivity index (χ1v) is 4.65. The van der Waals surface area contributed by atoms with Crippen molar-refractivity contribution in [1.82, 2.24) is 0 Å². The minimum Gasteiger partial charge on any atom is -0.501 e. The van der Waals surface area contributed by atoms with Gasteiger partial charge in [0.15, 0.2) is 0 Å². The van der Waals surface area contributed by atoms with E-state index in [0.29, 0.717) is 13.0 Å². The molecule has 1 aliphatic rings. The summed E-state index contributed by atoms with van der Waals surface area (Å²) in [7, 11) is 0. The molecule has 0 spiro atoms. The fourth-order valence-electron chi connectivity index (χ4n) is 0.988. The Morgan fingerprint density at radius 3 is 2.71 bits per heavy atom. The Balaban J connectivity index is 2.33. The Morgan fingerprint density at radius 2 is 2.21 bits per heavy atom. The summed E-state index contributed by atoms with van der Waals surface area (Å²) < 4.78 is 15.0. The highest BCUT2D eigenvalue weighted by Gasteiger charge is 2.21. The lowest BCUT2D eigenvalue weighted by atomic mass is 10.2. The van der Waals surface area contributed by atoms with Crippen molar-refractivity contribution >= 4 is 6.16 Å². The third-order valence-electron chi connectivity index (χ3n) is 1.55. The van der Waals surface area contributed by atoms with Gasteiger partial charge in [-0.3, -0.25) is 0 Å². The Hall–Kier alpha value is -1.19. The summed E-state index contributed by atoms with van der Waals surface area (Å²) in [6.45, 7) is 5.97. The zero-order valence-electron chi connectivity index (χ0n) is 8.78. The van der Waals surface area contributed by atoms with Gasteiger partial charge in [-0.2, -0.15) is 0 Å². The van der Waals surface area contributed by atoms with E-state index >= 15 is 0 Å². The molecular formula is C10H16O4. The molecule has 80 valence electrons. The SMILES string of the molecule is CC(C)(C)OC(=O)OC1C=COCC1. The van der Waals surface area contributed by atoms with Crippen molar-refractivity contribution < 1.29 is 19.0 Å². The third kappa shape index (κ3) is 4.16. The second-order valence-electron chi connectivity index (χ2n) is 4.11. The van der Waals surface area contributed by atoms with Crippen molar-refractivity contribution in [2.24, 2.45) is 0 Å². The molecule has 1 aliphatic heterocycles. The maximum absolute atomic E-state index is 11.2. The second-order valence-corrected chi connectivity index (χ2v) is 4.11. The molecule has 1 unspecified atom stereocenters. The van der Waals surface area contributed by atoms with Crippen LogP contribution in [0.2, 0.25) is 0 Å². The van der Waals surface area contributed by atoms with Gasteiger partial charge >= 0.3 is 6.16 Å². The third-order valence-corrected chi connectivity index (χ3v) is 1.55. The highest BCUT2D eigenvalue weighted by Crippen LogP contribution is 2.12. The van der Waals surface area contributed by atoms with Gasteiger partial charge in [0.1, 0.15) is 11.7 Å². The van der Waals surface area contributed by atoms with Gasteiger partial charge in [-0.1, -0.05) is 0 Å². The average Bonchev–Trinajstić information content (AvgIpc) is 2.02. The smallest absolute Gasteiger partial charge is 0.501 e. The molecular weight excluding hydrogens is 184 g/mol. The number of ether oxygens (including phenoxy) is 3. The Labute approximate surface area is 83.8 Å². The number of carbonyl (C=O) groups is 1. The van der Waals surface area contributed by atoms with Crippen LogP contribution in [-0.4, -0.2) is 24.5 Å². The summed E-state index contributed by atoms with van der Waals surface area (Å²) in [4.78, 5) is 11.2. The van der Waals surface area contributed by atoms with E-state index in [1.807, 2.05) is 0 Å². The molecule has 0 aromatic heterocycles. The van der Waals surface area contributed by atoms with Gasteiger partial charge in [0.05, 0.1) is 12.9 Å². The van der Waals surface area contributed by atoms with Crippen molar-refractivity contribution in [3.63, 3.8) is 0 Å². The molecule has 0 aromatic carbocycles. The summed E-state index contributed by atoms with van der Waals surface area (Å²) in [6, 6.07) is 0. The van der Waals surface area contributed by atoms with Crippen LogP contribution < -0.4 is 0 Å². The second kappa shape index (κ2) is 4.35. The molecule has 0 saturated carbocycles.